The number of carbonyl (C=O) groups is 1. The van der Waals surface area contributed by atoms with E-state index in [4.69, 9.17) is 0 Å². The molecule has 7 heteroatoms. The van der Waals surface area contributed by atoms with Gasteiger partial charge in [0.1, 0.15) is 17.2 Å². The van der Waals surface area contributed by atoms with Crippen LogP contribution in [-0.4, -0.2) is 11.1 Å². The van der Waals surface area contributed by atoms with Crippen molar-refractivity contribution in [2.24, 2.45) is 17.8 Å². The molecule has 2 fully saturated rings. The molecule has 2 aliphatic rings. The number of halogens is 5. The summed E-state index contributed by atoms with van der Waals surface area (Å²) in [6.45, 7) is 2.21. The maximum absolute atomic E-state index is 15.4. The highest BCUT2D eigenvalue weighted by Gasteiger charge is 2.34. The molecule has 2 nitrogen and oxygen atoms in total. The van der Waals surface area contributed by atoms with E-state index in [1.54, 1.807) is 0 Å². The summed E-state index contributed by atoms with van der Waals surface area (Å²) in [5.74, 6) is -7.48. The third-order valence-electron chi connectivity index (χ3n) is 8.47. The SMILES string of the molecule is CCCCC1CCC(C2CCC(c3cc(F)c(C(=O)O)c(F)c3-c3cc(F)c(F)c(F)c3)CC2)CC1. The molecule has 0 aromatic heterocycles. The van der Waals surface area contributed by atoms with Crippen molar-refractivity contribution in [3.63, 3.8) is 0 Å². The van der Waals surface area contributed by atoms with E-state index < -0.39 is 40.6 Å². The van der Waals surface area contributed by atoms with Crippen LogP contribution >= 0.6 is 0 Å². The van der Waals surface area contributed by atoms with Crippen LogP contribution in [0, 0.1) is 46.8 Å². The molecular weight excluding hydrogens is 475 g/mol. The van der Waals surface area contributed by atoms with Crippen LogP contribution in [0.3, 0.4) is 0 Å². The summed E-state index contributed by atoms with van der Waals surface area (Å²) in [5.41, 5.74) is -1.71. The first kappa shape index (κ1) is 26.6. The Hall–Kier alpha value is -2.44. The van der Waals surface area contributed by atoms with E-state index in [0.717, 1.165) is 24.8 Å². The van der Waals surface area contributed by atoms with Gasteiger partial charge in [-0.15, -0.1) is 0 Å². The number of hydrogen-bond acceptors (Lipinski definition) is 1. The summed E-state index contributed by atoms with van der Waals surface area (Å²) in [4.78, 5) is 11.5. The number of rotatable bonds is 7. The Morgan fingerprint density at radius 1 is 0.806 bits per heavy atom. The smallest absolute Gasteiger partial charge is 0.341 e. The predicted octanol–water partition coefficient (Wildman–Crippen LogP) is 9.02. The zero-order valence-electron chi connectivity index (χ0n) is 20.6. The Balaban J connectivity index is 1.57. The van der Waals surface area contributed by atoms with Gasteiger partial charge < -0.3 is 5.11 Å². The van der Waals surface area contributed by atoms with Crippen LogP contribution < -0.4 is 0 Å². The second-order valence-electron chi connectivity index (χ2n) is 10.6. The molecule has 36 heavy (non-hydrogen) atoms. The number of carboxylic acids is 1. The molecule has 1 N–H and O–H groups in total. The molecule has 2 aromatic carbocycles. The topological polar surface area (TPSA) is 37.3 Å². The second kappa shape index (κ2) is 11.3. The molecule has 2 saturated carbocycles. The van der Waals surface area contributed by atoms with E-state index >= 15 is 4.39 Å². The molecular formula is C29H33F5O2. The molecule has 0 radical (unpaired) electrons. The summed E-state index contributed by atoms with van der Waals surface area (Å²) in [5, 5.41) is 9.33. The molecule has 0 bridgehead atoms. The average Bonchev–Trinajstić information content (AvgIpc) is 2.85. The van der Waals surface area contributed by atoms with Crippen molar-refractivity contribution in [3.05, 3.63) is 58.4 Å². The van der Waals surface area contributed by atoms with Gasteiger partial charge in [-0.25, -0.2) is 26.7 Å². The van der Waals surface area contributed by atoms with Gasteiger partial charge in [0.2, 0.25) is 0 Å². The van der Waals surface area contributed by atoms with Crippen LogP contribution in [-0.2, 0) is 0 Å². The Morgan fingerprint density at radius 2 is 1.36 bits per heavy atom. The van der Waals surface area contributed by atoms with Crippen molar-refractivity contribution in [1.29, 1.82) is 0 Å². The average molecular weight is 509 g/mol. The molecule has 0 spiro atoms. The first-order valence-corrected chi connectivity index (χ1v) is 13.1. The predicted molar refractivity (Wildman–Crippen MR) is 128 cm³/mol. The van der Waals surface area contributed by atoms with Gasteiger partial charge in [-0.3, -0.25) is 0 Å². The van der Waals surface area contributed by atoms with E-state index in [2.05, 4.69) is 6.92 Å². The number of aromatic carboxylic acids is 1. The number of carboxylic acid groups (broad SMARTS) is 1. The summed E-state index contributed by atoms with van der Waals surface area (Å²) in [6.07, 6.45) is 11.8. The van der Waals surface area contributed by atoms with Gasteiger partial charge in [0.25, 0.3) is 0 Å². The molecule has 2 aromatic rings. The minimum absolute atomic E-state index is 0.183. The third kappa shape index (κ3) is 5.45. The third-order valence-corrected chi connectivity index (χ3v) is 8.47. The van der Waals surface area contributed by atoms with E-state index in [0.29, 0.717) is 36.8 Å². The van der Waals surface area contributed by atoms with Crippen LogP contribution in [0.15, 0.2) is 18.2 Å². The van der Waals surface area contributed by atoms with Crippen LogP contribution in [0.5, 0.6) is 0 Å². The fourth-order valence-corrected chi connectivity index (χ4v) is 6.49. The van der Waals surface area contributed by atoms with E-state index in [1.165, 1.54) is 44.9 Å². The van der Waals surface area contributed by atoms with Crippen LogP contribution in [0.4, 0.5) is 22.0 Å². The largest absolute Gasteiger partial charge is 0.477 e. The zero-order valence-corrected chi connectivity index (χ0v) is 20.6. The highest BCUT2D eigenvalue weighted by Crippen LogP contribution is 2.47. The van der Waals surface area contributed by atoms with Gasteiger partial charge in [-0.2, -0.15) is 0 Å². The van der Waals surface area contributed by atoms with E-state index in [1.807, 2.05) is 0 Å². The summed E-state index contributed by atoms with van der Waals surface area (Å²) in [6, 6.07) is 2.24. The van der Waals surface area contributed by atoms with Crippen molar-refractivity contribution in [2.75, 3.05) is 0 Å². The molecule has 4 rings (SSSR count). The van der Waals surface area contributed by atoms with Gasteiger partial charge in [-0.1, -0.05) is 39.0 Å². The molecule has 196 valence electrons. The molecule has 0 saturated heterocycles. The quantitative estimate of drug-likeness (QED) is 0.299. The summed E-state index contributed by atoms with van der Waals surface area (Å²) in [7, 11) is 0. The lowest BCUT2D eigenvalue weighted by atomic mass is 9.67. The van der Waals surface area contributed by atoms with Gasteiger partial charge in [-0.05, 0) is 91.5 Å². The lowest BCUT2D eigenvalue weighted by molar-refractivity contribution is 0.0686. The first-order valence-electron chi connectivity index (χ1n) is 13.1. The van der Waals surface area contributed by atoms with E-state index in [-0.39, 0.29) is 22.6 Å². The first-order chi connectivity index (χ1) is 17.2. The molecule has 0 aliphatic heterocycles. The summed E-state index contributed by atoms with van der Waals surface area (Å²) >= 11 is 0. The van der Waals surface area contributed by atoms with Crippen LogP contribution in [0.25, 0.3) is 11.1 Å². The summed E-state index contributed by atoms with van der Waals surface area (Å²) < 4.78 is 71.6. The Bertz CT molecular complexity index is 1080. The highest BCUT2D eigenvalue weighted by molar-refractivity contribution is 5.91. The number of hydrogen-bond donors (Lipinski definition) is 1. The van der Waals surface area contributed by atoms with Gasteiger partial charge >= 0.3 is 5.97 Å². The lowest BCUT2D eigenvalue weighted by Crippen LogP contribution is -2.25. The fourth-order valence-electron chi connectivity index (χ4n) is 6.49. The fraction of sp³-hybridized carbons (Fsp3) is 0.552. The number of benzene rings is 2. The second-order valence-corrected chi connectivity index (χ2v) is 10.6. The van der Waals surface area contributed by atoms with Crippen molar-refractivity contribution in [1.82, 2.24) is 0 Å². The Kier molecular flexibility index (Phi) is 8.36. The van der Waals surface area contributed by atoms with Crippen molar-refractivity contribution in [3.8, 4) is 11.1 Å². The molecule has 0 amide bonds. The van der Waals surface area contributed by atoms with Crippen molar-refractivity contribution >= 4 is 5.97 Å². The molecule has 0 unspecified atom stereocenters. The monoisotopic (exact) mass is 508 g/mol. The molecule has 0 atom stereocenters. The molecule has 2 aliphatic carbocycles. The zero-order chi connectivity index (χ0) is 26.0. The van der Waals surface area contributed by atoms with Gasteiger partial charge in [0, 0.05) is 5.56 Å². The Labute approximate surface area is 208 Å². The van der Waals surface area contributed by atoms with Gasteiger partial charge in [0.15, 0.2) is 17.5 Å². The minimum Gasteiger partial charge on any atom is -0.477 e. The van der Waals surface area contributed by atoms with Gasteiger partial charge in [0.05, 0.1) is 0 Å². The minimum atomic E-state index is -1.82. The van der Waals surface area contributed by atoms with E-state index in [9.17, 15) is 27.5 Å². The van der Waals surface area contributed by atoms with Crippen molar-refractivity contribution < 1.29 is 31.9 Å². The Morgan fingerprint density at radius 3 is 1.89 bits per heavy atom. The van der Waals surface area contributed by atoms with Crippen molar-refractivity contribution in [2.45, 2.75) is 83.5 Å². The molecule has 0 heterocycles. The lowest BCUT2D eigenvalue weighted by Gasteiger charge is -2.38. The maximum Gasteiger partial charge on any atom is 0.341 e. The van der Waals surface area contributed by atoms with Crippen LogP contribution in [0.2, 0.25) is 0 Å². The van der Waals surface area contributed by atoms with Crippen LogP contribution in [0.1, 0.15) is 99.4 Å². The highest BCUT2D eigenvalue weighted by atomic mass is 19.2. The normalized spacial score (nSPS) is 24.6. The number of unbranched alkanes of at least 4 members (excludes halogenated alkanes) is 1. The maximum atomic E-state index is 15.4. The standard InChI is InChI=1S/C29H33F5O2/c1-2-3-4-16-5-7-17(8-6-16)18-9-11-19(12-10-18)21-15-22(30)26(29(35)36)28(34)25(21)20-13-23(31)27(33)24(32)14-20/h13-19H,2-12H2,1H3,(H,35,36).